The van der Waals surface area contributed by atoms with Crippen molar-refractivity contribution in [3.05, 3.63) is 20.5 Å². The Morgan fingerprint density at radius 3 is 2.43 bits per heavy atom. The highest BCUT2D eigenvalue weighted by molar-refractivity contribution is 14.1. The number of amides is 1. The van der Waals surface area contributed by atoms with Gasteiger partial charge in [0.25, 0.3) is 0 Å². The lowest BCUT2D eigenvalue weighted by Crippen LogP contribution is -2.47. The Morgan fingerprint density at radius 1 is 1.25 bits per heavy atom. The van der Waals surface area contributed by atoms with Gasteiger partial charge >= 0.3 is 6.09 Å². The number of pyridine rings is 1. The molecule has 0 saturated carbocycles. The SMILES string of the molecule is COCCCOc1cc(C[C@H](NC(=O)OC(C)(C)C)C(C)(C)C)c(I)nc1Cl. The molecule has 0 radical (unpaired) electrons. The Kier molecular flexibility index (Phi) is 9.76. The molecule has 1 rings (SSSR count). The molecule has 6 nitrogen and oxygen atoms in total. The van der Waals surface area contributed by atoms with Crippen LogP contribution in [0.15, 0.2) is 6.07 Å². The van der Waals surface area contributed by atoms with Crippen LogP contribution in [-0.4, -0.2) is 43.0 Å². The molecule has 0 fully saturated rings. The lowest BCUT2D eigenvalue weighted by Gasteiger charge is -2.32. The van der Waals surface area contributed by atoms with E-state index in [4.69, 9.17) is 25.8 Å². The number of hydrogen-bond donors (Lipinski definition) is 1. The second-order valence-electron chi connectivity index (χ2n) is 8.69. The summed E-state index contributed by atoms with van der Waals surface area (Å²) in [7, 11) is 1.65. The third kappa shape index (κ3) is 9.13. The lowest BCUT2D eigenvalue weighted by atomic mass is 9.83. The number of alkyl carbamates (subject to hydrolysis) is 1. The number of aromatic nitrogens is 1. The van der Waals surface area contributed by atoms with Crippen LogP contribution in [-0.2, 0) is 15.9 Å². The lowest BCUT2D eigenvalue weighted by molar-refractivity contribution is 0.0464. The van der Waals surface area contributed by atoms with Gasteiger partial charge in [-0.2, -0.15) is 0 Å². The highest BCUT2D eigenvalue weighted by atomic mass is 127. The molecule has 1 heterocycles. The molecule has 0 saturated heterocycles. The molecule has 1 N–H and O–H groups in total. The van der Waals surface area contributed by atoms with Crippen LogP contribution in [0.25, 0.3) is 0 Å². The quantitative estimate of drug-likeness (QED) is 0.285. The molecule has 160 valence electrons. The van der Waals surface area contributed by atoms with Crippen LogP contribution in [0.2, 0.25) is 5.15 Å². The number of rotatable bonds is 8. The monoisotopic (exact) mass is 526 g/mol. The molecule has 0 unspecified atom stereocenters. The number of halogens is 2. The number of carbonyl (C=O) groups is 1. The molecule has 1 aromatic heterocycles. The smallest absolute Gasteiger partial charge is 0.407 e. The van der Waals surface area contributed by atoms with Gasteiger partial charge in [-0.15, -0.1) is 0 Å². The van der Waals surface area contributed by atoms with Crippen molar-refractivity contribution in [2.45, 2.75) is 66.0 Å². The van der Waals surface area contributed by atoms with Crippen molar-refractivity contribution in [1.82, 2.24) is 10.3 Å². The van der Waals surface area contributed by atoms with E-state index < -0.39 is 11.7 Å². The van der Waals surface area contributed by atoms with Crippen LogP contribution in [0.1, 0.15) is 53.5 Å². The summed E-state index contributed by atoms with van der Waals surface area (Å²) in [5.74, 6) is 0.540. The third-order valence-electron chi connectivity index (χ3n) is 3.88. The van der Waals surface area contributed by atoms with Crippen LogP contribution >= 0.6 is 34.2 Å². The van der Waals surface area contributed by atoms with Crippen LogP contribution in [0.5, 0.6) is 5.75 Å². The topological polar surface area (TPSA) is 69.7 Å². The van der Waals surface area contributed by atoms with Crippen LogP contribution in [0.3, 0.4) is 0 Å². The third-order valence-corrected chi connectivity index (χ3v) is 5.09. The van der Waals surface area contributed by atoms with E-state index in [0.29, 0.717) is 30.5 Å². The number of nitrogens with zero attached hydrogens (tertiary/aromatic N) is 1. The van der Waals surface area contributed by atoms with E-state index in [1.165, 1.54) is 0 Å². The molecule has 0 spiro atoms. The van der Waals surface area contributed by atoms with Crippen LogP contribution in [0.4, 0.5) is 4.79 Å². The Bertz CT molecular complexity index is 657. The molecular formula is C20H32ClIN2O4. The predicted molar refractivity (Wildman–Crippen MR) is 120 cm³/mol. The van der Waals surface area contributed by atoms with Gasteiger partial charge in [0, 0.05) is 26.2 Å². The Balaban J connectivity index is 2.97. The van der Waals surface area contributed by atoms with Crippen molar-refractivity contribution in [2.75, 3.05) is 20.3 Å². The van der Waals surface area contributed by atoms with Gasteiger partial charge in [-0.25, -0.2) is 9.78 Å². The number of methoxy groups -OCH3 is 1. The number of nitrogens with one attached hydrogen (secondary N) is 1. The highest BCUT2D eigenvalue weighted by Gasteiger charge is 2.29. The predicted octanol–water partition coefficient (Wildman–Crippen LogP) is 5.24. The molecule has 0 aromatic carbocycles. The second-order valence-corrected chi connectivity index (χ2v) is 10.1. The first kappa shape index (κ1) is 25.2. The molecule has 1 aromatic rings. The van der Waals surface area contributed by atoms with Gasteiger partial charge in [0.2, 0.25) is 0 Å². The van der Waals surface area contributed by atoms with Crippen molar-refractivity contribution < 1.29 is 19.0 Å². The maximum absolute atomic E-state index is 12.3. The van der Waals surface area contributed by atoms with Gasteiger partial charge in [-0.3, -0.25) is 0 Å². The summed E-state index contributed by atoms with van der Waals surface area (Å²) in [4.78, 5) is 16.7. The van der Waals surface area contributed by atoms with E-state index in [1.54, 1.807) is 7.11 Å². The minimum Gasteiger partial charge on any atom is -0.490 e. The molecular weight excluding hydrogens is 495 g/mol. The standard InChI is InChI=1S/C20H32ClIN2O4/c1-19(2,3)15(23-18(25)28-20(4,5)6)12-13-11-14(16(21)24-17(13)22)27-10-8-9-26-7/h11,15H,8-10,12H2,1-7H3,(H,23,25)/t15-/m0/s1. The maximum Gasteiger partial charge on any atom is 0.407 e. The number of ether oxygens (including phenoxy) is 3. The fourth-order valence-corrected chi connectivity index (χ4v) is 3.32. The summed E-state index contributed by atoms with van der Waals surface area (Å²) in [5, 5.41) is 3.33. The largest absolute Gasteiger partial charge is 0.490 e. The molecule has 0 aliphatic rings. The molecule has 1 amide bonds. The number of hydrogen-bond acceptors (Lipinski definition) is 5. The Labute approximate surface area is 187 Å². The Morgan fingerprint density at radius 2 is 1.89 bits per heavy atom. The summed E-state index contributed by atoms with van der Waals surface area (Å²) in [6, 6.07) is 1.75. The van der Waals surface area contributed by atoms with E-state index in [9.17, 15) is 4.79 Å². The van der Waals surface area contributed by atoms with E-state index in [2.05, 4.69) is 53.7 Å². The minimum absolute atomic E-state index is 0.153. The molecule has 0 bridgehead atoms. The summed E-state index contributed by atoms with van der Waals surface area (Å²) in [5.41, 5.74) is 0.230. The zero-order chi connectivity index (χ0) is 21.5. The van der Waals surface area contributed by atoms with Gasteiger partial charge in [-0.05, 0) is 66.8 Å². The van der Waals surface area contributed by atoms with Crippen molar-refractivity contribution in [3.63, 3.8) is 0 Å². The first-order valence-electron chi connectivity index (χ1n) is 9.29. The van der Waals surface area contributed by atoms with E-state index >= 15 is 0 Å². The van der Waals surface area contributed by atoms with E-state index in [0.717, 1.165) is 15.7 Å². The second kappa shape index (κ2) is 10.8. The normalized spacial score (nSPS) is 13.2. The van der Waals surface area contributed by atoms with Gasteiger partial charge in [-0.1, -0.05) is 32.4 Å². The van der Waals surface area contributed by atoms with Crippen molar-refractivity contribution in [2.24, 2.45) is 5.41 Å². The zero-order valence-electron chi connectivity index (χ0n) is 17.8. The molecule has 0 aliphatic heterocycles. The molecule has 28 heavy (non-hydrogen) atoms. The van der Waals surface area contributed by atoms with Crippen molar-refractivity contribution >= 4 is 40.3 Å². The number of carbonyl (C=O) groups excluding carboxylic acids is 1. The van der Waals surface area contributed by atoms with Gasteiger partial charge < -0.3 is 19.5 Å². The van der Waals surface area contributed by atoms with E-state index in [-0.39, 0.29) is 11.5 Å². The average Bonchev–Trinajstić information content (AvgIpc) is 2.51. The zero-order valence-corrected chi connectivity index (χ0v) is 20.7. The van der Waals surface area contributed by atoms with Gasteiger partial charge in [0.15, 0.2) is 10.9 Å². The van der Waals surface area contributed by atoms with Crippen molar-refractivity contribution in [1.29, 1.82) is 0 Å². The first-order chi connectivity index (χ1) is 12.8. The molecule has 8 heteroatoms. The van der Waals surface area contributed by atoms with Crippen LogP contribution in [0, 0.1) is 9.12 Å². The average molecular weight is 527 g/mol. The maximum atomic E-state index is 12.3. The minimum atomic E-state index is -0.550. The summed E-state index contributed by atoms with van der Waals surface area (Å²) in [6.07, 6.45) is 0.916. The Hall–Kier alpha value is -0.800. The summed E-state index contributed by atoms with van der Waals surface area (Å²) >= 11 is 8.39. The summed E-state index contributed by atoms with van der Waals surface area (Å²) in [6.45, 7) is 12.9. The van der Waals surface area contributed by atoms with Crippen molar-refractivity contribution in [3.8, 4) is 5.75 Å². The fraction of sp³-hybridized carbons (Fsp3) is 0.700. The van der Waals surface area contributed by atoms with E-state index in [1.807, 2.05) is 26.8 Å². The highest BCUT2D eigenvalue weighted by Crippen LogP contribution is 2.30. The van der Waals surface area contributed by atoms with Gasteiger partial charge in [0.05, 0.1) is 6.61 Å². The van der Waals surface area contributed by atoms with Crippen LogP contribution < -0.4 is 10.1 Å². The summed E-state index contributed by atoms with van der Waals surface area (Å²) < 4.78 is 17.0. The molecule has 1 atom stereocenters. The fourth-order valence-electron chi connectivity index (χ4n) is 2.36. The first-order valence-corrected chi connectivity index (χ1v) is 10.8. The van der Waals surface area contributed by atoms with Gasteiger partial charge in [0.1, 0.15) is 9.30 Å². The molecule has 0 aliphatic carbocycles.